The summed E-state index contributed by atoms with van der Waals surface area (Å²) in [6.07, 6.45) is 2.49. The van der Waals surface area contributed by atoms with Gasteiger partial charge in [-0.25, -0.2) is 4.98 Å². The van der Waals surface area contributed by atoms with Gasteiger partial charge in [-0.05, 0) is 12.3 Å². The van der Waals surface area contributed by atoms with Crippen LogP contribution in [0.3, 0.4) is 0 Å². The molecule has 1 N–H and O–H groups in total. The molecule has 0 aromatic carbocycles. The molecule has 2 amide bonds. The topological polar surface area (TPSA) is 62.3 Å². The van der Waals surface area contributed by atoms with Gasteiger partial charge in [-0.1, -0.05) is 20.8 Å². The molecule has 1 aliphatic heterocycles. The van der Waals surface area contributed by atoms with E-state index in [1.54, 1.807) is 11.1 Å². The van der Waals surface area contributed by atoms with Crippen molar-refractivity contribution < 1.29 is 9.59 Å². The number of carbonyl (C=O) groups excluding carboxylic acids is 2. The lowest BCUT2D eigenvalue weighted by atomic mass is 9.99. The van der Waals surface area contributed by atoms with E-state index in [-0.39, 0.29) is 30.3 Å². The number of hydrogen-bond donors (Lipinski definition) is 1. The first-order chi connectivity index (χ1) is 9.04. The highest BCUT2D eigenvalue weighted by atomic mass is 32.1. The molecule has 19 heavy (non-hydrogen) atoms. The van der Waals surface area contributed by atoms with Crippen LogP contribution in [-0.2, 0) is 9.59 Å². The van der Waals surface area contributed by atoms with E-state index in [0.717, 1.165) is 11.4 Å². The summed E-state index contributed by atoms with van der Waals surface area (Å²) in [5.74, 6) is -0.00185. The highest BCUT2D eigenvalue weighted by Crippen LogP contribution is 2.28. The van der Waals surface area contributed by atoms with Crippen LogP contribution in [-0.4, -0.2) is 34.3 Å². The van der Waals surface area contributed by atoms with Crippen LogP contribution in [0.25, 0.3) is 0 Å². The van der Waals surface area contributed by atoms with E-state index in [9.17, 15) is 9.59 Å². The Morgan fingerprint density at radius 3 is 2.79 bits per heavy atom. The zero-order chi connectivity index (χ0) is 14.0. The number of rotatable bonds is 4. The number of nitrogens with one attached hydrogen (secondary N) is 1. The van der Waals surface area contributed by atoms with E-state index >= 15 is 0 Å². The molecule has 0 radical (unpaired) electrons. The number of aromatic nitrogens is 1. The standard InChI is InChI=1S/C13H19N3O2S/c1-4-9(12-14-5-6-19-12)16-7-10(17)15-11(8(2)3)13(16)18/h5-6,8-9,11H,4,7H2,1-3H3,(H,15,17). The van der Waals surface area contributed by atoms with Gasteiger partial charge in [-0.3, -0.25) is 9.59 Å². The zero-order valence-electron chi connectivity index (χ0n) is 11.4. The van der Waals surface area contributed by atoms with E-state index in [2.05, 4.69) is 10.3 Å². The van der Waals surface area contributed by atoms with E-state index in [4.69, 9.17) is 0 Å². The SMILES string of the molecule is CCC(c1nccs1)N1CC(=O)NC(C(C)C)C1=O. The summed E-state index contributed by atoms with van der Waals surface area (Å²) < 4.78 is 0. The lowest BCUT2D eigenvalue weighted by Crippen LogP contribution is -2.60. The van der Waals surface area contributed by atoms with Gasteiger partial charge in [0.2, 0.25) is 11.8 Å². The van der Waals surface area contributed by atoms with Crippen LogP contribution >= 0.6 is 11.3 Å². The minimum Gasteiger partial charge on any atom is -0.343 e. The normalized spacial score (nSPS) is 21.7. The molecule has 104 valence electrons. The average Bonchev–Trinajstić information content (AvgIpc) is 2.87. The quantitative estimate of drug-likeness (QED) is 0.911. The largest absolute Gasteiger partial charge is 0.343 e. The van der Waals surface area contributed by atoms with Gasteiger partial charge < -0.3 is 10.2 Å². The van der Waals surface area contributed by atoms with Gasteiger partial charge in [-0.15, -0.1) is 11.3 Å². The van der Waals surface area contributed by atoms with E-state index in [0.29, 0.717) is 0 Å². The van der Waals surface area contributed by atoms with Crippen molar-refractivity contribution >= 4 is 23.2 Å². The molecule has 2 rings (SSSR count). The third-order valence-electron chi connectivity index (χ3n) is 3.35. The molecule has 1 aromatic rings. The first-order valence-corrected chi connectivity index (χ1v) is 7.41. The first kappa shape index (κ1) is 14.0. The molecule has 1 aliphatic rings. The van der Waals surface area contributed by atoms with Crippen LogP contribution < -0.4 is 5.32 Å². The van der Waals surface area contributed by atoms with Crippen LogP contribution in [0.1, 0.15) is 38.2 Å². The average molecular weight is 281 g/mol. The van der Waals surface area contributed by atoms with E-state index in [1.807, 2.05) is 26.2 Å². The minimum absolute atomic E-state index is 0.00310. The second-order valence-corrected chi connectivity index (χ2v) is 5.98. The summed E-state index contributed by atoms with van der Waals surface area (Å²) in [5, 5.41) is 5.56. The van der Waals surface area contributed by atoms with Gasteiger partial charge in [-0.2, -0.15) is 0 Å². The molecule has 1 saturated heterocycles. The van der Waals surface area contributed by atoms with Gasteiger partial charge in [0, 0.05) is 11.6 Å². The maximum Gasteiger partial charge on any atom is 0.246 e. The van der Waals surface area contributed by atoms with Crippen LogP contribution in [0.2, 0.25) is 0 Å². The molecular weight excluding hydrogens is 262 g/mol. The second kappa shape index (κ2) is 5.69. The van der Waals surface area contributed by atoms with Gasteiger partial charge in [0.15, 0.2) is 0 Å². The van der Waals surface area contributed by atoms with Crippen molar-refractivity contribution in [3.63, 3.8) is 0 Å². The fraction of sp³-hybridized carbons (Fsp3) is 0.615. The van der Waals surface area contributed by atoms with Gasteiger partial charge >= 0.3 is 0 Å². The molecule has 1 fully saturated rings. The van der Waals surface area contributed by atoms with Crippen molar-refractivity contribution in [2.75, 3.05) is 6.54 Å². The third kappa shape index (κ3) is 2.78. The highest BCUT2D eigenvalue weighted by molar-refractivity contribution is 7.09. The highest BCUT2D eigenvalue weighted by Gasteiger charge is 2.38. The molecule has 5 nitrogen and oxygen atoms in total. The Kier molecular flexibility index (Phi) is 4.19. The van der Waals surface area contributed by atoms with Crippen molar-refractivity contribution in [2.24, 2.45) is 5.92 Å². The number of nitrogens with zero attached hydrogens (tertiary/aromatic N) is 2. The van der Waals surface area contributed by atoms with E-state index < -0.39 is 6.04 Å². The molecule has 0 saturated carbocycles. The van der Waals surface area contributed by atoms with Crippen molar-refractivity contribution in [3.05, 3.63) is 16.6 Å². The van der Waals surface area contributed by atoms with Crippen molar-refractivity contribution in [1.82, 2.24) is 15.2 Å². The Morgan fingerprint density at radius 2 is 2.26 bits per heavy atom. The summed E-state index contributed by atoms with van der Waals surface area (Å²) in [6, 6.07) is -0.518. The molecule has 0 bridgehead atoms. The van der Waals surface area contributed by atoms with Crippen LogP contribution in [0.5, 0.6) is 0 Å². The lowest BCUT2D eigenvalue weighted by molar-refractivity contribution is -0.148. The molecule has 2 heterocycles. The lowest BCUT2D eigenvalue weighted by Gasteiger charge is -2.38. The monoisotopic (exact) mass is 281 g/mol. The molecule has 2 unspecified atom stereocenters. The van der Waals surface area contributed by atoms with Crippen molar-refractivity contribution in [1.29, 1.82) is 0 Å². The number of hydrogen-bond acceptors (Lipinski definition) is 4. The van der Waals surface area contributed by atoms with Crippen LogP contribution in [0, 0.1) is 5.92 Å². The zero-order valence-corrected chi connectivity index (χ0v) is 12.2. The number of amides is 2. The van der Waals surface area contributed by atoms with Gasteiger partial charge in [0.05, 0.1) is 6.04 Å². The molecule has 2 atom stereocenters. The summed E-state index contributed by atoms with van der Waals surface area (Å²) in [5.41, 5.74) is 0. The van der Waals surface area contributed by atoms with E-state index in [1.165, 1.54) is 11.3 Å². The van der Waals surface area contributed by atoms with Crippen LogP contribution in [0.15, 0.2) is 11.6 Å². The molecule has 1 aromatic heterocycles. The number of piperazine rings is 1. The maximum atomic E-state index is 12.5. The Morgan fingerprint density at radius 1 is 1.53 bits per heavy atom. The summed E-state index contributed by atoms with van der Waals surface area (Å²) in [4.78, 5) is 30.3. The van der Waals surface area contributed by atoms with Gasteiger partial charge in [0.1, 0.15) is 17.6 Å². The predicted octanol–water partition coefficient (Wildman–Crippen LogP) is 1.58. The number of carbonyl (C=O) groups is 2. The fourth-order valence-corrected chi connectivity index (χ4v) is 3.17. The predicted molar refractivity (Wildman–Crippen MR) is 73.6 cm³/mol. The minimum atomic E-state index is -0.421. The van der Waals surface area contributed by atoms with Crippen LogP contribution in [0.4, 0.5) is 0 Å². The molecular formula is C13H19N3O2S. The number of thiazole rings is 1. The molecule has 6 heteroatoms. The fourth-order valence-electron chi connectivity index (χ4n) is 2.34. The summed E-state index contributed by atoms with van der Waals surface area (Å²) >= 11 is 1.53. The Bertz CT molecular complexity index is 458. The van der Waals surface area contributed by atoms with Gasteiger partial charge in [0.25, 0.3) is 0 Å². The summed E-state index contributed by atoms with van der Waals surface area (Å²) in [7, 11) is 0. The smallest absolute Gasteiger partial charge is 0.246 e. The molecule has 0 aliphatic carbocycles. The van der Waals surface area contributed by atoms with Crippen molar-refractivity contribution in [2.45, 2.75) is 39.3 Å². The summed E-state index contributed by atoms with van der Waals surface area (Å²) in [6.45, 7) is 6.02. The Balaban J connectivity index is 2.26. The Labute approximate surface area is 117 Å². The third-order valence-corrected chi connectivity index (χ3v) is 4.22. The molecule has 0 spiro atoms. The first-order valence-electron chi connectivity index (χ1n) is 6.53. The second-order valence-electron chi connectivity index (χ2n) is 5.05. The van der Waals surface area contributed by atoms with Crippen molar-refractivity contribution in [3.8, 4) is 0 Å². The maximum absolute atomic E-state index is 12.5. The Hall–Kier alpha value is -1.43.